The Bertz CT molecular complexity index is 680. The maximum absolute atomic E-state index is 5.85. The average molecular weight is 313 g/mol. The Kier molecular flexibility index (Phi) is 5.99. The summed E-state index contributed by atoms with van der Waals surface area (Å²) in [5.41, 5.74) is 12.5. The van der Waals surface area contributed by atoms with Crippen LogP contribution in [0.1, 0.15) is 18.1 Å². The summed E-state index contributed by atoms with van der Waals surface area (Å²) in [5, 5.41) is 6.35. The number of nitrogens with one attached hydrogen (secondary N) is 1. The van der Waals surface area contributed by atoms with Gasteiger partial charge in [0, 0.05) is 10.7 Å². The molecule has 0 spiro atoms. The van der Waals surface area contributed by atoms with Crippen LogP contribution in [0.15, 0.2) is 53.6 Å². The van der Waals surface area contributed by atoms with Crippen molar-refractivity contribution >= 4 is 12.2 Å². The minimum Gasteiger partial charge on any atom is -0.490 e. The average Bonchev–Trinajstić information content (AvgIpc) is 2.55. The molecule has 23 heavy (non-hydrogen) atoms. The third kappa shape index (κ3) is 5.35. The van der Waals surface area contributed by atoms with Crippen molar-refractivity contribution in [2.75, 3.05) is 6.61 Å². The molecule has 0 atom stereocenters. The van der Waals surface area contributed by atoms with Crippen LogP contribution in [-0.2, 0) is 6.61 Å². The van der Waals surface area contributed by atoms with Crippen molar-refractivity contribution < 1.29 is 14.6 Å². The van der Waals surface area contributed by atoms with E-state index in [1.807, 2.05) is 55.5 Å². The molecule has 0 bridgehead atoms. The Hall–Kier alpha value is -3.02. The van der Waals surface area contributed by atoms with Gasteiger partial charge in [-0.2, -0.15) is 0 Å². The quantitative estimate of drug-likeness (QED) is 0.390. The van der Waals surface area contributed by atoms with Crippen molar-refractivity contribution in [3.63, 3.8) is 0 Å². The summed E-state index contributed by atoms with van der Waals surface area (Å²) >= 11 is 0. The van der Waals surface area contributed by atoms with E-state index < -0.39 is 0 Å². The first-order valence-corrected chi connectivity index (χ1v) is 7.30. The van der Waals surface area contributed by atoms with Gasteiger partial charge in [0.2, 0.25) is 6.21 Å². The zero-order valence-electron chi connectivity index (χ0n) is 13.0. The molecule has 5 N–H and O–H groups in total. The molecule has 6 nitrogen and oxygen atoms in total. The maximum Gasteiger partial charge on any atom is 0.256 e. The fourth-order valence-corrected chi connectivity index (χ4v) is 1.92. The fraction of sp³-hybridized carbons (Fsp3) is 0.176. The minimum atomic E-state index is -0.0332. The molecule has 2 rings (SSSR count). The van der Waals surface area contributed by atoms with E-state index in [2.05, 4.69) is 10.2 Å². The fourth-order valence-electron chi connectivity index (χ4n) is 1.92. The van der Waals surface area contributed by atoms with E-state index in [1.54, 1.807) is 6.21 Å². The molecule has 0 saturated heterocycles. The third-order valence-electron chi connectivity index (χ3n) is 2.93. The highest BCUT2D eigenvalue weighted by Gasteiger charge is 2.07. The number of hydrogen-bond donors (Lipinski definition) is 3. The number of guanidine groups is 1. The lowest BCUT2D eigenvalue weighted by Gasteiger charge is -2.12. The van der Waals surface area contributed by atoms with Gasteiger partial charge in [0.05, 0.1) is 6.61 Å². The summed E-state index contributed by atoms with van der Waals surface area (Å²) in [7, 11) is 0. The van der Waals surface area contributed by atoms with Crippen molar-refractivity contribution in [3.05, 3.63) is 59.7 Å². The minimum absolute atomic E-state index is 0.0332. The Labute approximate surface area is 135 Å². The van der Waals surface area contributed by atoms with E-state index in [4.69, 9.17) is 20.9 Å². The van der Waals surface area contributed by atoms with E-state index in [9.17, 15) is 0 Å². The van der Waals surface area contributed by atoms with Crippen molar-refractivity contribution in [3.8, 4) is 11.5 Å². The Morgan fingerprint density at radius 3 is 2.57 bits per heavy atom. The van der Waals surface area contributed by atoms with Crippen LogP contribution >= 0.6 is 0 Å². The van der Waals surface area contributed by atoms with Crippen molar-refractivity contribution in [1.82, 2.24) is 0 Å². The van der Waals surface area contributed by atoms with Crippen LogP contribution in [0, 0.1) is 0 Å². The molecule has 0 aliphatic carbocycles. The molecular formula is C17H21N4O2+. The van der Waals surface area contributed by atoms with E-state index in [0.29, 0.717) is 24.7 Å². The van der Waals surface area contributed by atoms with Crippen molar-refractivity contribution in [2.24, 2.45) is 16.6 Å². The maximum atomic E-state index is 5.85. The molecule has 0 aromatic heterocycles. The largest absolute Gasteiger partial charge is 0.490 e. The molecule has 120 valence electrons. The summed E-state index contributed by atoms with van der Waals surface area (Å²) in [6, 6.07) is 15.6. The molecule has 0 fully saturated rings. The lowest BCUT2D eigenvalue weighted by atomic mass is 10.2. The van der Waals surface area contributed by atoms with Crippen molar-refractivity contribution in [2.45, 2.75) is 13.5 Å². The molecule has 0 radical (unpaired) electrons. The predicted octanol–water partition coefficient (Wildman–Crippen LogP) is 0.352. The van der Waals surface area contributed by atoms with Gasteiger partial charge in [-0.15, -0.1) is 5.10 Å². The first-order chi connectivity index (χ1) is 11.2. The van der Waals surface area contributed by atoms with E-state index in [1.165, 1.54) is 0 Å². The molecule has 2 aromatic rings. The van der Waals surface area contributed by atoms with Crippen LogP contribution in [0.2, 0.25) is 0 Å². The number of ether oxygens (including phenoxy) is 2. The predicted molar refractivity (Wildman–Crippen MR) is 90.3 cm³/mol. The zero-order valence-corrected chi connectivity index (χ0v) is 13.0. The number of benzene rings is 2. The molecule has 0 heterocycles. The van der Waals surface area contributed by atoms with E-state index in [0.717, 1.165) is 11.1 Å². The van der Waals surface area contributed by atoms with Gasteiger partial charge >= 0.3 is 0 Å². The van der Waals surface area contributed by atoms with E-state index in [-0.39, 0.29) is 5.96 Å². The van der Waals surface area contributed by atoms with Crippen LogP contribution in [0.25, 0.3) is 0 Å². The normalized spacial score (nSPS) is 10.5. The Morgan fingerprint density at radius 2 is 1.87 bits per heavy atom. The number of hydrogen-bond acceptors (Lipinski definition) is 3. The van der Waals surface area contributed by atoms with Gasteiger partial charge in [0.25, 0.3) is 5.96 Å². The van der Waals surface area contributed by atoms with Crippen LogP contribution < -0.4 is 26.0 Å². The number of hydrazone groups is 1. The highest BCUT2D eigenvalue weighted by atomic mass is 16.5. The number of nitrogens with two attached hydrogens (primary N) is 2. The topological polar surface area (TPSA) is 96.8 Å². The Morgan fingerprint density at radius 1 is 1.09 bits per heavy atom. The summed E-state index contributed by atoms with van der Waals surface area (Å²) in [6.45, 7) is 2.96. The standard InChI is InChI=1S/C17H20N4O2/c1-2-22-16-10-14(11-20-21-17(18)19)8-9-15(16)23-12-13-6-4-3-5-7-13/h3-11H,2,12H2,1H3,(H4,18,19,21)/p+1/b20-11-. The smallest absolute Gasteiger partial charge is 0.256 e. The SMILES string of the molecule is CCOc1cc(/C=[NH+]\N=C(N)N)ccc1OCc1ccccc1. The molecule has 0 unspecified atom stereocenters. The van der Waals surface area contributed by atoms with Gasteiger partial charge in [-0.25, -0.2) is 0 Å². The van der Waals surface area contributed by atoms with Gasteiger partial charge in [0.1, 0.15) is 6.61 Å². The van der Waals surface area contributed by atoms with Crippen LogP contribution in [-0.4, -0.2) is 18.8 Å². The molecular weight excluding hydrogens is 292 g/mol. The number of rotatable bonds is 7. The first-order valence-electron chi connectivity index (χ1n) is 7.30. The molecule has 6 heteroatoms. The van der Waals surface area contributed by atoms with Gasteiger partial charge in [-0.3, -0.25) is 0 Å². The summed E-state index contributed by atoms with van der Waals surface area (Å²) < 4.78 is 11.5. The highest BCUT2D eigenvalue weighted by molar-refractivity contribution is 5.78. The van der Waals surface area contributed by atoms with Crippen LogP contribution in [0.4, 0.5) is 0 Å². The monoisotopic (exact) mass is 313 g/mol. The summed E-state index contributed by atoms with van der Waals surface area (Å²) in [5.74, 6) is 1.33. The van der Waals surface area contributed by atoms with Crippen LogP contribution in [0.5, 0.6) is 11.5 Å². The lowest BCUT2D eigenvalue weighted by Crippen LogP contribution is -2.63. The van der Waals surface area contributed by atoms with Crippen LogP contribution in [0.3, 0.4) is 0 Å². The second-order valence-corrected chi connectivity index (χ2v) is 4.72. The molecule has 0 saturated carbocycles. The molecule has 0 amide bonds. The number of nitrogens with zero attached hydrogens (tertiary/aromatic N) is 1. The highest BCUT2D eigenvalue weighted by Crippen LogP contribution is 2.28. The van der Waals surface area contributed by atoms with Gasteiger partial charge in [0.15, 0.2) is 11.5 Å². The van der Waals surface area contributed by atoms with E-state index >= 15 is 0 Å². The van der Waals surface area contributed by atoms with Gasteiger partial charge in [-0.05, 0) is 30.7 Å². The molecule has 0 aliphatic rings. The van der Waals surface area contributed by atoms with Gasteiger partial charge < -0.3 is 20.9 Å². The lowest BCUT2D eigenvalue weighted by molar-refractivity contribution is -0.456. The second-order valence-electron chi connectivity index (χ2n) is 4.72. The van der Waals surface area contributed by atoms with Crippen molar-refractivity contribution in [1.29, 1.82) is 0 Å². The Balaban J connectivity index is 2.12. The second kappa shape index (κ2) is 8.43. The first kappa shape index (κ1) is 16.4. The summed E-state index contributed by atoms with van der Waals surface area (Å²) in [4.78, 5) is 0. The zero-order chi connectivity index (χ0) is 16.5. The molecule has 2 aromatic carbocycles. The summed E-state index contributed by atoms with van der Waals surface area (Å²) in [6.07, 6.45) is 1.67. The third-order valence-corrected chi connectivity index (χ3v) is 2.93. The molecule has 0 aliphatic heterocycles. The van der Waals surface area contributed by atoms with Gasteiger partial charge in [-0.1, -0.05) is 30.3 Å².